The first-order valence-electron chi connectivity index (χ1n) is 2.47. The number of carbonyl (C=O) groups excluding carboxylic acids is 1. The van der Waals surface area contributed by atoms with Crippen LogP contribution < -0.4 is 5.32 Å². The SMILES string of the molecule is O=C(P)NC(CO)C(=O)O. The second kappa shape index (κ2) is 4.19. The van der Waals surface area contributed by atoms with Crippen molar-refractivity contribution in [3.63, 3.8) is 0 Å². The number of carbonyl (C=O) groups is 2. The molecule has 0 rings (SSSR count). The fourth-order valence-corrected chi connectivity index (χ4v) is 0.558. The Kier molecular flexibility index (Phi) is 3.91. The Hall–Kier alpha value is -0.670. The van der Waals surface area contributed by atoms with Crippen LogP contribution in [0.1, 0.15) is 0 Å². The molecule has 0 radical (unpaired) electrons. The third-order valence-corrected chi connectivity index (χ3v) is 0.964. The zero-order valence-corrected chi connectivity index (χ0v) is 6.23. The Balaban J connectivity index is 3.83. The number of aliphatic hydroxyl groups is 1. The van der Waals surface area contributed by atoms with Gasteiger partial charge in [0.05, 0.1) is 6.61 Å². The number of hydrogen-bond donors (Lipinski definition) is 3. The summed E-state index contributed by atoms with van der Waals surface area (Å²) in [6.07, 6.45) is 0. The minimum atomic E-state index is -1.25. The molecule has 0 aromatic rings. The highest BCUT2D eigenvalue weighted by Crippen LogP contribution is 1.87. The topological polar surface area (TPSA) is 86.6 Å². The molecule has 58 valence electrons. The van der Waals surface area contributed by atoms with Gasteiger partial charge in [-0.25, -0.2) is 4.79 Å². The maximum Gasteiger partial charge on any atom is 0.328 e. The van der Waals surface area contributed by atoms with E-state index in [-0.39, 0.29) is 0 Å². The molecule has 6 heteroatoms. The van der Waals surface area contributed by atoms with Gasteiger partial charge in [-0.3, -0.25) is 4.79 Å². The summed E-state index contributed by atoms with van der Waals surface area (Å²) in [5.74, 6) is -1.25. The van der Waals surface area contributed by atoms with Crippen LogP contribution in [0.2, 0.25) is 0 Å². The van der Waals surface area contributed by atoms with Gasteiger partial charge >= 0.3 is 5.97 Å². The first kappa shape index (κ1) is 9.33. The fourth-order valence-electron chi connectivity index (χ4n) is 0.357. The Labute approximate surface area is 59.6 Å². The van der Waals surface area contributed by atoms with Gasteiger partial charge < -0.3 is 15.5 Å². The second-order valence-corrected chi connectivity index (χ2v) is 2.11. The van der Waals surface area contributed by atoms with Gasteiger partial charge in [0, 0.05) is 0 Å². The molecule has 0 heterocycles. The molecule has 0 saturated carbocycles. The van der Waals surface area contributed by atoms with Crippen LogP contribution in [0.3, 0.4) is 0 Å². The number of carboxylic acid groups (broad SMARTS) is 1. The minimum absolute atomic E-state index is 0.554. The Morgan fingerprint density at radius 3 is 2.20 bits per heavy atom. The Morgan fingerprint density at radius 2 is 2.10 bits per heavy atom. The summed E-state index contributed by atoms with van der Waals surface area (Å²) >= 11 is 0. The van der Waals surface area contributed by atoms with Crippen LogP contribution in [0.5, 0.6) is 0 Å². The molecule has 0 aliphatic heterocycles. The highest BCUT2D eigenvalue weighted by atomic mass is 31.0. The molecule has 0 saturated heterocycles. The van der Waals surface area contributed by atoms with Crippen molar-refractivity contribution in [3.8, 4) is 0 Å². The van der Waals surface area contributed by atoms with Crippen LogP contribution in [0, 0.1) is 0 Å². The third-order valence-electron chi connectivity index (χ3n) is 0.797. The third kappa shape index (κ3) is 3.37. The summed E-state index contributed by atoms with van der Waals surface area (Å²) in [7, 11) is 1.75. The van der Waals surface area contributed by atoms with Crippen molar-refractivity contribution in [2.45, 2.75) is 6.04 Å². The lowest BCUT2D eigenvalue weighted by Gasteiger charge is -2.07. The first-order chi connectivity index (χ1) is 4.57. The first-order valence-corrected chi connectivity index (χ1v) is 3.05. The smallest absolute Gasteiger partial charge is 0.328 e. The van der Waals surface area contributed by atoms with Crippen molar-refractivity contribution in [1.82, 2.24) is 5.32 Å². The van der Waals surface area contributed by atoms with Gasteiger partial charge in [-0.2, -0.15) is 0 Å². The number of aliphatic carboxylic acids is 1. The van der Waals surface area contributed by atoms with Crippen LogP contribution >= 0.6 is 9.24 Å². The molecule has 0 aliphatic rings. The molecule has 5 nitrogen and oxygen atoms in total. The molecule has 0 aliphatic carbocycles. The lowest BCUT2D eigenvalue weighted by molar-refractivity contribution is -0.140. The number of aliphatic hydroxyl groups excluding tert-OH is 1. The van der Waals surface area contributed by atoms with Gasteiger partial charge in [-0.05, 0) is 9.24 Å². The molecule has 2 unspecified atom stereocenters. The summed E-state index contributed by atoms with van der Waals surface area (Å²) in [4.78, 5) is 20.3. The highest BCUT2D eigenvalue weighted by Gasteiger charge is 2.15. The lowest BCUT2D eigenvalue weighted by atomic mass is 10.3. The molecule has 0 aromatic carbocycles. The monoisotopic (exact) mass is 165 g/mol. The number of rotatable bonds is 3. The van der Waals surface area contributed by atoms with Crippen LogP contribution in [0.15, 0.2) is 0 Å². The molecule has 0 spiro atoms. The van der Waals surface area contributed by atoms with E-state index in [0.29, 0.717) is 0 Å². The highest BCUT2D eigenvalue weighted by molar-refractivity contribution is 7.39. The average molecular weight is 165 g/mol. The maximum absolute atomic E-state index is 10.2. The molecular weight excluding hydrogens is 157 g/mol. The van der Waals surface area contributed by atoms with E-state index in [9.17, 15) is 9.59 Å². The predicted molar refractivity (Wildman–Crippen MR) is 36.8 cm³/mol. The molecule has 2 atom stereocenters. The largest absolute Gasteiger partial charge is 0.480 e. The number of carboxylic acids is 1. The van der Waals surface area contributed by atoms with Gasteiger partial charge in [0.25, 0.3) is 0 Å². The normalized spacial score (nSPS) is 12.2. The van der Waals surface area contributed by atoms with Gasteiger partial charge in [0.15, 0.2) is 6.04 Å². The van der Waals surface area contributed by atoms with Crippen LogP contribution in [-0.2, 0) is 4.79 Å². The summed E-state index contributed by atoms with van der Waals surface area (Å²) in [6, 6.07) is -1.20. The summed E-state index contributed by atoms with van der Waals surface area (Å²) in [6.45, 7) is -0.602. The van der Waals surface area contributed by atoms with E-state index in [1.807, 2.05) is 5.32 Å². The van der Waals surface area contributed by atoms with E-state index in [1.165, 1.54) is 0 Å². The Bertz CT molecular complexity index is 148. The zero-order chi connectivity index (χ0) is 8.15. The van der Waals surface area contributed by atoms with E-state index < -0.39 is 24.3 Å². The lowest BCUT2D eigenvalue weighted by Crippen LogP contribution is -2.40. The van der Waals surface area contributed by atoms with E-state index in [1.54, 1.807) is 9.24 Å². The van der Waals surface area contributed by atoms with E-state index in [0.717, 1.165) is 0 Å². The van der Waals surface area contributed by atoms with Crippen molar-refractivity contribution >= 4 is 20.9 Å². The fraction of sp³-hybridized carbons (Fsp3) is 0.500. The maximum atomic E-state index is 10.2. The molecular formula is C4H8NO4P. The Morgan fingerprint density at radius 1 is 1.60 bits per heavy atom. The van der Waals surface area contributed by atoms with Crippen LogP contribution in [-0.4, -0.2) is 34.5 Å². The molecule has 10 heavy (non-hydrogen) atoms. The predicted octanol–water partition coefficient (Wildman–Crippen LogP) is -0.983. The van der Waals surface area contributed by atoms with Crippen molar-refractivity contribution in [2.24, 2.45) is 0 Å². The number of hydrogen-bond acceptors (Lipinski definition) is 3. The summed E-state index contributed by atoms with van der Waals surface area (Å²) < 4.78 is 0. The van der Waals surface area contributed by atoms with E-state index in [4.69, 9.17) is 10.2 Å². The second-order valence-electron chi connectivity index (χ2n) is 1.58. The summed E-state index contributed by atoms with van der Waals surface area (Å²) in [5, 5.41) is 18.6. The zero-order valence-electron chi connectivity index (χ0n) is 5.07. The minimum Gasteiger partial charge on any atom is -0.480 e. The van der Waals surface area contributed by atoms with Crippen molar-refractivity contribution in [2.75, 3.05) is 6.61 Å². The van der Waals surface area contributed by atoms with E-state index in [2.05, 4.69) is 0 Å². The van der Waals surface area contributed by atoms with Gasteiger partial charge in [-0.1, -0.05) is 0 Å². The average Bonchev–Trinajstić information content (AvgIpc) is 1.81. The van der Waals surface area contributed by atoms with Crippen LogP contribution in [0.4, 0.5) is 4.79 Å². The van der Waals surface area contributed by atoms with Crippen molar-refractivity contribution < 1.29 is 19.8 Å². The van der Waals surface area contributed by atoms with Gasteiger partial charge in [0.1, 0.15) is 0 Å². The standard InChI is InChI=1S/C4H8NO4P/c6-1-2(3(7)8)5-4(9)10/h2,6H,1,10H2,(H,5,9)(H,7,8). The molecule has 0 bridgehead atoms. The number of amides is 1. The molecule has 3 N–H and O–H groups in total. The quantitative estimate of drug-likeness (QED) is 0.469. The molecule has 0 aromatic heterocycles. The van der Waals surface area contributed by atoms with Crippen molar-refractivity contribution in [1.29, 1.82) is 0 Å². The number of nitrogens with one attached hydrogen (secondary N) is 1. The molecule has 1 amide bonds. The van der Waals surface area contributed by atoms with Gasteiger partial charge in [-0.15, -0.1) is 0 Å². The van der Waals surface area contributed by atoms with E-state index >= 15 is 0 Å². The summed E-state index contributed by atoms with van der Waals surface area (Å²) in [5.41, 5.74) is -0.554. The molecule has 0 fully saturated rings. The van der Waals surface area contributed by atoms with Crippen molar-refractivity contribution in [3.05, 3.63) is 0 Å². The van der Waals surface area contributed by atoms with Crippen LogP contribution in [0.25, 0.3) is 0 Å². The van der Waals surface area contributed by atoms with Gasteiger partial charge in [0.2, 0.25) is 5.65 Å².